The van der Waals surface area contributed by atoms with Crippen LogP contribution in [0, 0.1) is 0 Å². The second-order valence-electron chi connectivity index (χ2n) is 2.18. The van der Waals surface area contributed by atoms with Crippen molar-refractivity contribution in [3.8, 4) is 17.4 Å². The molecular weight excluding hydrogens is 182 g/mol. The third-order valence-corrected chi connectivity index (χ3v) is 1.36. The predicted octanol–water partition coefficient (Wildman–Crippen LogP) is -0.810. The molecule has 0 amide bonds. The Bertz CT molecular complexity index is 420. The molecule has 0 aliphatic heterocycles. The van der Waals surface area contributed by atoms with Crippen molar-refractivity contribution < 1.29 is 25.2 Å². The standard InChI is InChI=1S/C6H5NO6/c8-2-1(6(12)13)3(9)5(11)7-4(2)10/h8-9H,(H,12,13)(H2,7,10,11). The summed E-state index contributed by atoms with van der Waals surface area (Å²) in [5.74, 6) is -4.94. The lowest BCUT2D eigenvalue weighted by atomic mass is 10.2. The van der Waals surface area contributed by atoms with E-state index in [0.717, 1.165) is 0 Å². The molecule has 0 fully saturated rings. The van der Waals surface area contributed by atoms with Crippen LogP contribution in [0.3, 0.4) is 0 Å². The van der Waals surface area contributed by atoms with Gasteiger partial charge in [0.1, 0.15) is 0 Å². The number of aromatic amines is 1. The van der Waals surface area contributed by atoms with Crippen LogP contribution < -0.4 is 5.56 Å². The number of carboxylic acids is 1. The molecule has 1 aromatic heterocycles. The monoisotopic (exact) mass is 187 g/mol. The summed E-state index contributed by atoms with van der Waals surface area (Å²) in [6, 6.07) is 0. The van der Waals surface area contributed by atoms with E-state index in [1.807, 2.05) is 0 Å². The van der Waals surface area contributed by atoms with E-state index in [9.17, 15) is 9.59 Å². The fourth-order valence-corrected chi connectivity index (χ4v) is 0.773. The first-order chi connectivity index (χ1) is 5.95. The second-order valence-corrected chi connectivity index (χ2v) is 2.18. The Hall–Kier alpha value is -2.18. The minimum Gasteiger partial charge on any atom is -0.502 e. The van der Waals surface area contributed by atoms with E-state index in [1.165, 1.54) is 0 Å². The van der Waals surface area contributed by atoms with E-state index in [2.05, 4.69) is 0 Å². The molecule has 70 valence electrons. The lowest BCUT2D eigenvalue weighted by Crippen LogP contribution is -2.10. The predicted molar refractivity (Wildman–Crippen MR) is 39.0 cm³/mol. The van der Waals surface area contributed by atoms with Crippen molar-refractivity contribution >= 4 is 5.97 Å². The van der Waals surface area contributed by atoms with Crippen LogP contribution in [-0.4, -0.2) is 31.4 Å². The zero-order valence-corrected chi connectivity index (χ0v) is 6.11. The van der Waals surface area contributed by atoms with Gasteiger partial charge >= 0.3 is 5.97 Å². The molecule has 1 aromatic rings. The van der Waals surface area contributed by atoms with Crippen LogP contribution >= 0.6 is 0 Å². The molecule has 0 aromatic carbocycles. The highest BCUT2D eigenvalue weighted by Crippen LogP contribution is 2.29. The average Bonchev–Trinajstić information content (AvgIpc) is 2.01. The van der Waals surface area contributed by atoms with Crippen LogP contribution in [-0.2, 0) is 0 Å². The molecule has 5 N–H and O–H groups in total. The zero-order valence-electron chi connectivity index (χ0n) is 6.11. The van der Waals surface area contributed by atoms with E-state index in [0.29, 0.717) is 0 Å². The van der Waals surface area contributed by atoms with Gasteiger partial charge in [0, 0.05) is 0 Å². The Balaban J connectivity index is 3.66. The highest BCUT2D eigenvalue weighted by atomic mass is 16.4. The van der Waals surface area contributed by atoms with Crippen LogP contribution in [0.25, 0.3) is 0 Å². The van der Waals surface area contributed by atoms with Gasteiger partial charge in [0.25, 0.3) is 5.56 Å². The number of hydrogen-bond donors (Lipinski definition) is 5. The van der Waals surface area contributed by atoms with Gasteiger partial charge in [-0.25, -0.2) is 4.79 Å². The van der Waals surface area contributed by atoms with Gasteiger partial charge in [0.2, 0.25) is 5.88 Å². The lowest BCUT2D eigenvalue weighted by Gasteiger charge is -2.02. The van der Waals surface area contributed by atoms with Crippen molar-refractivity contribution in [2.24, 2.45) is 0 Å². The van der Waals surface area contributed by atoms with Crippen LogP contribution in [0.4, 0.5) is 0 Å². The van der Waals surface area contributed by atoms with E-state index < -0.39 is 34.5 Å². The number of hydrogen-bond acceptors (Lipinski definition) is 5. The van der Waals surface area contributed by atoms with Gasteiger partial charge in [-0.1, -0.05) is 0 Å². The molecule has 0 aliphatic carbocycles. The number of pyridine rings is 1. The number of carboxylic acid groups (broad SMARTS) is 1. The zero-order chi connectivity index (χ0) is 10.2. The van der Waals surface area contributed by atoms with Crippen molar-refractivity contribution in [1.29, 1.82) is 0 Å². The Labute approximate surface area is 70.5 Å². The summed E-state index contributed by atoms with van der Waals surface area (Å²) in [7, 11) is 0. The van der Waals surface area contributed by atoms with Gasteiger partial charge in [0.05, 0.1) is 0 Å². The molecule has 0 unspecified atom stereocenters. The van der Waals surface area contributed by atoms with Gasteiger partial charge in [-0.3, -0.25) is 9.78 Å². The van der Waals surface area contributed by atoms with Crippen molar-refractivity contribution in [3.63, 3.8) is 0 Å². The normalized spacial score (nSPS) is 9.85. The summed E-state index contributed by atoms with van der Waals surface area (Å²) in [4.78, 5) is 22.7. The maximum absolute atomic E-state index is 10.7. The summed E-state index contributed by atoms with van der Waals surface area (Å²) in [5.41, 5.74) is -2.21. The molecule has 7 heteroatoms. The van der Waals surface area contributed by atoms with Gasteiger partial charge in [-0.15, -0.1) is 0 Å². The first-order valence-electron chi connectivity index (χ1n) is 3.05. The van der Waals surface area contributed by atoms with E-state index in [4.69, 9.17) is 20.4 Å². The summed E-state index contributed by atoms with van der Waals surface area (Å²) in [5, 5.41) is 35.0. The molecule has 1 rings (SSSR count). The molecule has 7 nitrogen and oxygen atoms in total. The molecule has 0 atom stereocenters. The second kappa shape index (κ2) is 2.70. The van der Waals surface area contributed by atoms with Crippen molar-refractivity contribution in [3.05, 3.63) is 15.9 Å². The Morgan fingerprint density at radius 3 is 2.15 bits per heavy atom. The first-order valence-corrected chi connectivity index (χ1v) is 3.05. The summed E-state index contributed by atoms with van der Waals surface area (Å²) >= 11 is 0. The minimum absolute atomic E-state index is 1.000. The van der Waals surface area contributed by atoms with Crippen molar-refractivity contribution in [2.45, 2.75) is 0 Å². The fourth-order valence-electron chi connectivity index (χ4n) is 0.773. The molecule has 0 aliphatic rings. The van der Waals surface area contributed by atoms with E-state index >= 15 is 0 Å². The third-order valence-electron chi connectivity index (χ3n) is 1.36. The van der Waals surface area contributed by atoms with Crippen molar-refractivity contribution in [1.82, 2.24) is 4.98 Å². The smallest absolute Gasteiger partial charge is 0.343 e. The van der Waals surface area contributed by atoms with Gasteiger partial charge in [0.15, 0.2) is 17.1 Å². The molecule has 0 radical (unpaired) electrons. The number of H-pyrrole nitrogens is 1. The number of aromatic nitrogens is 1. The quantitative estimate of drug-likeness (QED) is 0.390. The lowest BCUT2D eigenvalue weighted by molar-refractivity contribution is 0.0689. The number of aromatic hydroxyl groups is 3. The number of nitrogens with one attached hydrogen (secondary N) is 1. The van der Waals surface area contributed by atoms with Crippen LogP contribution in [0.2, 0.25) is 0 Å². The maximum Gasteiger partial charge on any atom is 0.343 e. The Kier molecular flexibility index (Phi) is 1.85. The largest absolute Gasteiger partial charge is 0.502 e. The average molecular weight is 187 g/mol. The minimum atomic E-state index is -1.71. The van der Waals surface area contributed by atoms with Crippen LogP contribution in [0.15, 0.2) is 4.79 Å². The highest BCUT2D eigenvalue weighted by molar-refractivity contribution is 5.94. The number of carbonyl (C=O) groups is 1. The Morgan fingerprint density at radius 2 is 1.69 bits per heavy atom. The molecule has 1 heterocycles. The third kappa shape index (κ3) is 1.26. The summed E-state index contributed by atoms with van der Waals surface area (Å²) < 4.78 is 0. The molecule has 0 saturated carbocycles. The van der Waals surface area contributed by atoms with Crippen LogP contribution in [0.5, 0.6) is 17.4 Å². The SMILES string of the molecule is O=C(O)c1c(O)c(O)[nH]c(=O)c1O. The van der Waals surface area contributed by atoms with E-state index in [1.54, 1.807) is 4.98 Å². The first kappa shape index (κ1) is 8.91. The number of rotatable bonds is 1. The molecule has 0 bridgehead atoms. The highest BCUT2D eigenvalue weighted by Gasteiger charge is 2.21. The summed E-state index contributed by atoms with van der Waals surface area (Å²) in [6.07, 6.45) is 0. The van der Waals surface area contributed by atoms with Gasteiger partial charge in [-0.05, 0) is 0 Å². The fraction of sp³-hybridized carbons (Fsp3) is 0. The molecule has 13 heavy (non-hydrogen) atoms. The van der Waals surface area contributed by atoms with E-state index in [-0.39, 0.29) is 0 Å². The maximum atomic E-state index is 10.7. The van der Waals surface area contributed by atoms with Crippen LogP contribution in [0.1, 0.15) is 10.4 Å². The molecule has 0 spiro atoms. The summed E-state index contributed by atoms with van der Waals surface area (Å²) in [6.45, 7) is 0. The van der Waals surface area contributed by atoms with Crippen molar-refractivity contribution in [2.75, 3.05) is 0 Å². The topological polar surface area (TPSA) is 131 Å². The molecular formula is C6H5NO6. The molecule has 0 saturated heterocycles. The number of aromatic carboxylic acids is 1. The van der Waals surface area contributed by atoms with Gasteiger partial charge in [-0.2, -0.15) is 0 Å². The van der Waals surface area contributed by atoms with Gasteiger partial charge < -0.3 is 20.4 Å². The Morgan fingerprint density at radius 1 is 1.15 bits per heavy atom.